The van der Waals surface area contributed by atoms with Crippen molar-refractivity contribution in [1.29, 1.82) is 0 Å². The minimum atomic E-state index is 0.642. The van der Waals surface area contributed by atoms with E-state index in [1.807, 2.05) is 19.9 Å². The van der Waals surface area contributed by atoms with Crippen LogP contribution in [-0.4, -0.2) is 0 Å². The Morgan fingerprint density at radius 1 is 1.08 bits per heavy atom. The molecule has 0 fully saturated rings. The Morgan fingerprint density at radius 3 is 1.85 bits per heavy atom. The molecule has 0 aliphatic heterocycles. The molecule has 0 N–H and O–H groups in total. The van der Waals surface area contributed by atoms with Gasteiger partial charge in [0, 0.05) is 0 Å². The van der Waals surface area contributed by atoms with E-state index in [0.717, 1.165) is 0 Å². The molecule has 0 rings (SSSR count). The van der Waals surface area contributed by atoms with Gasteiger partial charge in [0.2, 0.25) is 0 Å². The maximum atomic E-state index is 3.69. The van der Waals surface area contributed by atoms with Gasteiger partial charge in [0.05, 0.1) is 0 Å². The summed E-state index contributed by atoms with van der Waals surface area (Å²) in [5.41, 5.74) is 2.62. The number of hydrogen-bond donors (Lipinski definition) is 0. The molecule has 0 atom stereocenters. The highest BCUT2D eigenvalue weighted by Crippen LogP contribution is 2.08. The van der Waals surface area contributed by atoms with Crippen LogP contribution in [0.4, 0.5) is 0 Å². The second-order valence-electron chi connectivity index (χ2n) is 3.18. The van der Waals surface area contributed by atoms with Gasteiger partial charge in [0.25, 0.3) is 0 Å². The fourth-order valence-corrected chi connectivity index (χ4v) is 0.523. The highest BCUT2D eigenvalue weighted by atomic mass is 14.0. The monoisotopic (exact) mass is 180 g/mol. The SMILES string of the molecule is C=C/C(C)=C\C=C(/C)C(C)C.CC. The minimum absolute atomic E-state index is 0.642. The highest BCUT2D eigenvalue weighted by Gasteiger charge is 1.92. The lowest BCUT2D eigenvalue weighted by Crippen LogP contribution is -1.86. The van der Waals surface area contributed by atoms with Gasteiger partial charge >= 0.3 is 0 Å². The summed E-state index contributed by atoms with van der Waals surface area (Å²) < 4.78 is 0. The van der Waals surface area contributed by atoms with Gasteiger partial charge in [-0.2, -0.15) is 0 Å². The molecule has 0 aliphatic carbocycles. The van der Waals surface area contributed by atoms with E-state index in [4.69, 9.17) is 0 Å². The zero-order valence-electron chi connectivity index (χ0n) is 10.0. The molecule has 0 heteroatoms. The summed E-state index contributed by atoms with van der Waals surface area (Å²) in [5, 5.41) is 0. The van der Waals surface area contributed by atoms with E-state index in [2.05, 4.69) is 46.4 Å². The maximum absolute atomic E-state index is 3.69. The quantitative estimate of drug-likeness (QED) is 0.550. The second kappa shape index (κ2) is 9.31. The first-order valence-electron chi connectivity index (χ1n) is 5.05. The van der Waals surface area contributed by atoms with Crippen LogP contribution in [0.3, 0.4) is 0 Å². The molecule has 0 spiro atoms. The molecule has 0 aromatic heterocycles. The molecular formula is C13H24. The predicted molar refractivity (Wildman–Crippen MR) is 63.9 cm³/mol. The van der Waals surface area contributed by atoms with E-state index < -0.39 is 0 Å². The summed E-state index contributed by atoms with van der Waals surface area (Å²) in [4.78, 5) is 0. The lowest BCUT2D eigenvalue weighted by Gasteiger charge is -2.02. The zero-order valence-corrected chi connectivity index (χ0v) is 10.0. The largest absolute Gasteiger partial charge is 0.0988 e. The minimum Gasteiger partial charge on any atom is -0.0988 e. The van der Waals surface area contributed by atoms with Gasteiger partial charge in [-0.25, -0.2) is 0 Å². The molecule has 0 aliphatic rings. The highest BCUT2D eigenvalue weighted by molar-refractivity contribution is 5.22. The van der Waals surface area contributed by atoms with E-state index in [1.54, 1.807) is 0 Å². The summed E-state index contributed by atoms with van der Waals surface area (Å²) in [6.07, 6.45) is 6.12. The van der Waals surface area contributed by atoms with E-state index in [1.165, 1.54) is 11.1 Å². The van der Waals surface area contributed by atoms with Crippen LogP contribution in [0.2, 0.25) is 0 Å². The molecule has 0 saturated heterocycles. The van der Waals surface area contributed by atoms with Crippen molar-refractivity contribution in [3.63, 3.8) is 0 Å². The molecule has 0 bridgehead atoms. The van der Waals surface area contributed by atoms with Gasteiger partial charge in [-0.05, 0) is 19.8 Å². The molecule has 0 aromatic carbocycles. The second-order valence-corrected chi connectivity index (χ2v) is 3.18. The normalized spacial score (nSPS) is 12.2. The van der Waals surface area contributed by atoms with Crippen LogP contribution in [-0.2, 0) is 0 Å². The molecule has 0 nitrogen and oxygen atoms in total. The fraction of sp³-hybridized carbons (Fsp3) is 0.538. The van der Waals surface area contributed by atoms with Gasteiger partial charge in [0.1, 0.15) is 0 Å². The third-order valence-corrected chi connectivity index (χ3v) is 1.84. The lowest BCUT2D eigenvalue weighted by atomic mass is 10.0. The van der Waals surface area contributed by atoms with Crippen LogP contribution in [0.5, 0.6) is 0 Å². The van der Waals surface area contributed by atoms with Crippen LogP contribution in [0.25, 0.3) is 0 Å². The maximum Gasteiger partial charge on any atom is -0.0260 e. The van der Waals surface area contributed by atoms with Gasteiger partial charge in [-0.1, -0.05) is 63.6 Å². The Hall–Kier alpha value is -0.780. The molecule has 0 saturated carbocycles. The predicted octanol–water partition coefficient (Wildman–Crippen LogP) is 4.75. The first kappa shape index (κ1) is 14.7. The Morgan fingerprint density at radius 2 is 1.54 bits per heavy atom. The Balaban J connectivity index is 0. The van der Waals surface area contributed by atoms with E-state index in [9.17, 15) is 0 Å². The first-order chi connectivity index (χ1) is 6.07. The summed E-state index contributed by atoms with van der Waals surface area (Å²) >= 11 is 0. The molecule has 0 unspecified atom stereocenters. The Kier molecular flexibility index (Phi) is 10.5. The van der Waals surface area contributed by atoms with Crippen molar-refractivity contribution in [2.45, 2.75) is 41.5 Å². The van der Waals surface area contributed by atoms with Gasteiger partial charge < -0.3 is 0 Å². The Bertz CT molecular complexity index is 180. The van der Waals surface area contributed by atoms with Crippen LogP contribution >= 0.6 is 0 Å². The van der Waals surface area contributed by atoms with Crippen LogP contribution < -0.4 is 0 Å². The molecule has 0 heterocycles. The van der Waals surface area contributed by atoms with Gasteiger partial charge in [-0.15, -0.1) is 0 Å². The molecule has 0 radical (unpaired) electrons. The standard InChI is InChI=1S/C11H18.C2H6/c1-6-10(4)7-8-11(5)9(2)3;1-2/h6-9H,1H2,2-5H3;1-2H3/b10-7-,11-8+;. The van der Waals surface area contributed by atoms with Crippen LogP contribution in [0.1, 0.15) is 41.5 Å². The molecule has 13 heavy (non-hydrogen) atoms. The number of rotatable bonds is 3. The zero-order chi connectivity index (χ0) is 10.9. The average molecular weight is 180 g/mol. The molecule has 76 valence electrons. The van der Waals surface area contributed by atoms with Crippen molar-refractivity contribution in [3.05, 3.63) is 36.0 Å². The number of allylic oxidation sites excluding steroid dienone is 5. The summed E-state index contributed by atoms with van der Waals surface area (Å²) in [6, 6.07) is 0. The van der Waals surface area contributed by atoms with E-state index in [-0.39, 0.29) is 0 Å². The lowest BCUT2D eigenvalue weighted by molar-refractivity contribution is 0.769. The van der Waals surface area contributed by atoms with Gasteiger partial charge in [-0.3, -0.25) is 0 Å². The third-order valence-electron chi connectivity index (χ3n) is 1.84. The van der Waals surface area contributed by atoms with Crippen LogP contribution in [0, 0.1) is 5.92 Å². The summed E-state index contributed by atoms with van der Waals surface area (Å²) in [5.74, 6) is 0.642. The van der Waals surface area contributed by atoms with Crippen molar-refractivity contribution in [2.24, 2.45) is 5.92 Å². The van der Waals surface area contributed by atoms with Gasteiger partial charge in [0.15, 0.2) is 0 Å². The molecular weight excluding hydrogens is 156 g/mol. The fourth-order valence-electron chi connectivity index (χ4n) is 0.523. The molecule has 0 aromatic rings. The summed E-state index contributed by atoms with van der Waals surface area (Å²) in [7, 11) is 0. The van der Waals surface area contributed by atoms with Crippen molar-refractivity contribution in [1.82, 2.24) is 0 Å². The first-order valence-corrected chi connectivity index (χ1v) is 5.05. The average Bonchev–Trinajstić information content (AvgIpc) is 2.16. The molecule has 0 amide bonds. The summed E-state index contributed by atoms with van der Waals surface area (Å²) in [6.45, 7) is 16.3. The van der Waals surface area contributed by atoms with Crippen LogP contribution in [0.15, 0.2) is 36.0 Å². The van der Waals surface area contributed by atoms with E-state index in [0.29, 0.717) is 5.92 Å². The number of hydrogen-bond acceptors (Lipinski definition) is 0. The van der Waals surface area contributed by atoms with E-state index >= 15 is 0 Å². The van der Waals surface area contributed by atoms with Crippen molar-refractivity contribution in [2.75, 3.05) is 0 Å². The van der Waals surface area contributed by atoms with Crippen molar-refractivity contribution < 1.29 is 0 Å². The Labute approximate surface area is 84.1 Å². The van der Waals surface area contributed by atoms with Crippen molar-refractivity contribution >= 4 is 0 Å². The van der Waals surface area contributed by atoms with Crippen molar-refractivity contribution in [3.8, 4) is 0 Å². The topological polar surface area (TPSA) is 0 Å². The smallest absolute Gasteiger partial charge is 0.0260 e. The third kappa shape index (κ3) is 9.13.